The lowest BCUT2D eigenvalue weighted by atomic mass is 10.1. The van der Waals surface area contributed by atoms with E-state index in [1.165, 1.54) is 0 Å². The fraction of sp³-hybridized carbons (Fsp3) is 0.294. The molecular formula is C17H21N5O. The van der Waals surface area contributed by atoms with Gasteiger partial charge in [0.2, 0.25) is 5.88 Å². The van der Waals surface area contributed by atoms with Crippen molar-refractivity contribution < 1.29 is 4.74 Å². The summed E-state index contributed by atoms with van der Waals surface area (Å²) in [6, 6.07) is 9.82. The van der Waals surface area contributed by atoms with E-state index >= 15 is 0 Å². The fourth-order valence-electron chi connectivity index (χ4n) is 2.43. The fourth-order valence-corrected chi connectivity index (χ4v) is 2.43. The van der Waals surface area contributed by atoms with Crippen molar-refractivity contribution in [2.75, 3.05) is 39.6 Å². The summed E-state index contributed by atoms with van der Waals surface area (Å²) in [5.74, 6) is 1.44. The number of hydrogen-bond donors (Lipinski definition) is 2. The highest BCUT2D eigenvalue weighted by Gasteiger charge is 2.10. The van der Waals surface area contributed by atoms with Gasteiger partial charge in [-0.05, 0) is 32.3 Å². The Bertz CT molecular complexity index is 797. The molecule has 0 aliphatic rings. The number of H-pyrrole nitrogens is 1. The number of anilines is 1. The standard InChI is InChI=1S/C17H21N5O/c1-22(2)10-9-18-15-11-13(12-7-8-19-17(12)21-15)14-5-4-6-16(20-14)23-3/h4-8,11H,9-10H2,1-3H3,(H2,18,19,21). The van der Waals surface area contributed by atoms with Crippen LogP contribution in [0, 0.1) is 0 Å². The molecule has 120 valence electrons. The zero-order valence-corrected chi connectivity index (χ0v) is 13.6. The van der Waals surface area contributed by atoms with E-state index in [4.69, 9.17) is 4.74 Å². The van der Waals surface area contributed by atoms with Gasteiger partial charge in [-0.3, -0.25) is 0 Å². The van der Waals surface area contributed by atoms with Crippen molar-refractivity contribution in [1.29, 1.82) is 0 Å². The van der Waals surface area contributed by atoms with Crippen LogP contribution in [-0.2, 0) is 0 Å². The summed E-state index contributed by atoms with van der Waals surface area (Å²) in [5, 5.41) is 4.41. The zero-order chi connectivity index (χ0) is 16.2. The Morgan fingerprint density at radius 1 is 1.22 bits per heavy atom. The molecule has 0 bridgehead atoms. The van der Waals surface area contributed by atoms with Crippen LogP contribution in [0.4, 0.5) is 5.82 Å². The second kappa shape index (κ2) is 6.66. The lowest BCUT2D eigenvalue weighted by Gasteiger charge is -2.12. The molecule has 6 heteroatoms. The lowest BCUT2D eigenvalue weighted by Crippen LogP contribution is -2.21. The van der Waals surface area contributed by atoms with Gasteiger partial charge in [0.15, 0.2) is 0 Å². The molecule has 3 rings (SSSR count). The number of ether oxygens (including phenoxy) is 1. The zero-order valence-electron chi connectivity index (χ0n) is 13.6. The maximum Gasteiger partial charge on any atom is 0.213 e. The minimum absolute atomic E-state index is 0.602. The second-order valence-corrected chi connectivity index (χ2v) is 5.59. The maximum atomic E-state index is 5.24. The molecular weight excluding hydrogens is 290 g/mol. The number of likely N-dealkylation sites (N-methyl/N-ethyl adjacent to an activating group) is 1. The van der Waals surface area contributed by atoms with Crippen LogP contribution in [0.15, 0.2) is 36.5 Å². The van der Waals surface area contributed by atoms with Gasteiger partial charge < -0.3 is 19.9 Å². The van der Waals surface area contributed by atoms with Gasteiger partial charge in [0.1, 0.15) is 11.5 Å². The largest absolute Gasteiger partial charge is 0.481 e. The maximum absolute atomic E-state index is 5.24. The first-order valence-electron chi connectivity index (χ1n) is 7.55. The summed E-state index contributed by atoms with van der Waals surface area (Å²) in [5.41, 5.74) is 2.74. The summed E-state index contributed by atoms with van der Waals surface area (Å²) in [7, 11) is 5.72. The van der Waals surface area contributed by atoms with Crippen LogP contribution in [0.5, 0.6) is 5.88 Å². The van der Waals surface area contributed by atoms with Gasteiger partial charge in [0, 0.05) is 36.3 Å². The molecule has 2 N–H and O–H groups in total. The van der Waals surface area contributed by atoms with Gasteiger partial charge in [0.25, 0.3) is 0 Å². The average molecular weight is 311 g/mol. The number of methoxy groups -OCH3 is 1. The SMILES string of the molecule is COc1cccc(-c2cc(NCCN(C)C)nc3[nH]ccc23)n1. The molecule has 0 saturated carbocycles. The normalized spacial score (nSPS) is 11.1. The molecule has 0 unspecified atom stereocenters. The predicted octanol–water partition coefficient (Wildman–Crippen LogP) is 2.61. The average Bonchev–Trinajstić information content (AvgIpc) is 3.02. The minimum Gasteiger partial charge on any atom is -0.481 e. The predicted molar refractivity (Wildman–Crippen MR) is 92.9 cm³/mol. The second-order valence-electron chi connectivity index (χ2n) is 5.59. The van der Waals surface area contributed by atoms with E-state index in [0.717, 1.165) is 41.2 Å². The molecule has 0 amide bonds. The van der Waals surface area contributed by atoms with Crippen molar-refractivity contribution in [1.82, 2.24) is 19.9 Å². The molecule has 0 spiro atoms. The smallest absolute Gasteiger partial charge is 0.213 e. The van der Waals surface area contributed by atoms with Crippen LogP contribution in [0.25, 0.3) is 22.3 Å². The van der Waals surface area contributed by atoms with E-state index in [9.17, 15) is 0 Å². The highest BCUT2D eigenvalue weighted by molar-refractivity contribution is 5.93. The van der Waals surface area contributed by atoms with Crippen molar-refractivity contribution in [2.24, 2.45) is 0 Å². The van der Waals surface area contributed by atoms with E-state index in [2.05, 4.69) is 39.3 Å². The first-order chi connectivity index (χ1) is 11.2. The molecule has 3 heterocycles. The summed E-state index contributed by atoms with van der Waals surface area (Å²) in [6.07, 6.45) is 1.89. The number of nitrogens with one attached hydrogen (secondary N) is 2. The van der Waals surface area contributed by atoms with Crippen LogP contribution >= 0.6 is 0 Å². The Balaban J connectivity index is 1.98. The van der Waals surface area contributed by atoms with Gasteiger partial charge >= 0.3 is 0 Å². The molecule has 0 radical (unpaired) electrons. The molecule has 0 aromatic carbocycles. The Morgan fingerprint density at radius 2 is 2.09 bits per heavy atom. The van der Waals surface area contributed by atoms with Gasteiger partial charge in [-0.1, -0.05) is 6.07 Å². The molecule has 3 aromatic heterocycles. The topological polar surface area (TPSA) is 66.1 Å². The molecule has 0 saturated heterocycles. The number of rotatable bonds is 6. The lowest BCUT2D eigenvalue weighted by molar-refractivity contribution is 0.398. The summed E-state index contributed by atoms with van der Waals surface area (Å²) in [6.45, 7) is 1.77. The van der Waals surface area contributed by atoms with E-state index in [1.54, 1.807) is 7.11 Å². The number of aromatic amines is 1. The van der Waals surface area contributed by atoms with Crippen LogP contribution in [-0.4, -0.2) is 54.1 Å². The number of pyridine rings is 2. The van der Waals surface area contributed by atoms with E-state index in [0.29, 0.717) is 5.88 Å². The van der Waals surface area contributed by atoms with Crippen LogP contribution in [0.2, 0.25) is 0 Å². The molecule has 3 aromatic rings. The number of nitrogens with zero attached hydrogens (tertiary/aromatic N) is 3. The van der Waals surface area contributed by atoms with Gasteiger partial charge in [-0.25, -0.2) is 9.97 Å². The Hall–Kier alpha value is -2.60. The third kappa shape index (κ3) is 3.43. The Morgan fingerprint density at radius 3 is 2.87 bits per heavy atom. The monoisotopic (exact) mass is 311 g/mol. The van der Waals surface area contributed by atoms with Gasteiger partial charge in [-0.15, -0.1) is 0 Å². The Labute approximate surface area is 135 Å². The molecule has 0 fully saturated rings. The summed E-state index contributed by atoms with van der Waals surface area (Å²) in [4.78, 5) is 14.5. The number of fused-ring (bicyclic) bond motifs is 1. The van der Waals surface area contributed by atoms with Gasteiger partial charge in [0.05, 0.1) is 12.8 Å². The third-order valence-electron chi connectivity index (χ3n) is 3.60. The third-order valence-corrected chi connectivity index (χ3v) is 3.60. The summed E-state index contributed by atoms with van der Waals surface area (Å²) >= 11 is 0. The van der Waals surface area contributed by atoms with Crippen LogP contribution in [0.1, 0.15) is 0 Å². The molecule has 6 nitrogen and oxygen atoms in total. The van der Waals surface area contributed by atoms with Gasteiger partial charge in [-0.2, -0.15) is 0 Å². The first-order valence-corrected chi connectivity index (χ1v) is 7.55. The summed E-state index contributed by atoms with van der Waals surface area (Å²) < 4.78 is 5.24. The molecule has 0 aliphatic heterocycles. The highest BCUT2D eigenvalue weighted by atomic mass is 16.5. The molecule has 0 aliphatic carbocycles. The van der Waals surface area contributed by atoms with Crippen molar-refractivity contribution >= 4 is 16.9 Å². The van der Waals surface area contributed by atoms with E-state index in [1.807, 2.05) is 36.5 Å². The van der Waals surface area contributed by atoms with Crippen LogP contribution in [0.3, 0.4) is 0 Å². The van der Waals surface area contributed by atoms with E-state index in [-0.39, 0.29) is 0 Å². The minimum atomic E-state index is 0.602. The highest BCUT2D eigenvalue weighted by Crippen LogP contribution is 2.29. The van der Waals surface area contributed by atoms with Crippen LogP contribution < -0.4 is 10.1 Å². The molecule has 23 heavy (non-hydrogen) atoms. The van der Waals surface area contributed by atoms with Crippen molar-refractivity contribution in [3.05, 3.63) is 36.5 Å². The number of hydrogen-bond acceptors (Lipinski definition) is 5. The Kier molecular flexibility index (Phi) is 4.43. The number of aromatic nitrogens is 3. The van der Waals surface area contributed by atoms with Crippen molar-refractivity contribution in [3.8, 4) is 17.1 Å². The van der Waals surface area contributed by atoms with E-state index < -0.39 is 0 Å². The first kappa shape index (κ1) is 15.3. The molecule has 0 atom stereocenters. The van der Waals surface area contributed by atoms with Crippen molar-refractivity contribution in [2.45, 2.75) is 0 Å². The quantitative estimate of drug-likeness (QED) is 0.732. The van der Waals surface area contributed by atoms with Crippen molar-refractivity contribution in [3.63, 3.8) is 0 Å².